The molecule has 7 heteroatoms. The summed E-state index contributed by atoms with van der Waals surface area (Å²) in [6.07, 6.45) is 4.78. The lowest BCUT2D eigenvalue weighted by Gasteiger charge is -2.07. The Hall–Kier alpha value is -0.920. The lowest BCUT2D eigenvalue weighted by Crippen LogP contribution is -2.29. The molecule has 1 aliphatic rings. The summed E-state index contributed by atoms with van der Waals surface area (Å²) in [6.45, 7) is 1.31. The van der Waals surface area contributed by atoms with Gasteiger partial charge in [0, 0.05) is 19.6 Å². The second-order valence-electron chi connectivity index (χ2n) is 4.27. The minimum Gasteiger partial charge on any atom is -0.314 e. The van der Waals surface area contributed by atoms with Crippen LogP contribution in [-0.2, 0) is 17.1 Å². The van der Waals surface area contributed by atoms with Crippen LogP contribution in [0.5, 0.6) is 0 Å². The molecule has 0 radical (unpaired) electrons. The van der Waals surface area contributed by atoms with Gasteiger partial charge in [-0.1, -0.05) is 0 Å². The number of sulfonamides is 1. The maximum atomic E-state index is 11.8. The first-order valence-electron chi connectivity index (χ1n) is 5.80. The molecule has 17 heavy (non-hydrogen) atoms. The van der Waals surface area contributed by atoms with E-state index >= 15 is 0 Å². The zero-order valence-corrected chi connectivity index (χ0v) is 10.7. The Bertz CT molecular complexity index is 464. The van der Waals surface area contributed by atoms with Gasteiger partial charge in [-0.2, -0.15) is 5.10 Å². The second kappa shape index (κ2) is 5.16. The van der Waals surface area contributed by atoms with Crippen LogP contribution < -0.4 is 10.0 Å². The maximum absolute atomic E-state index is 11.8. The summed E-state index contributed by atoms with van der Waals surface area (Å²) in [6, 6.07) is 2.16. The summed E-state index contributed by atoms with van der Waals surface area (Å²) in [7, 11) is -1.80. The molecule has 1 fully saturated rings. The number of aryl methyl sites for hydroxylation is 1. The Morgan fingerprint density at radius 1 is 1.47 bits per heavy atom. The minimum absolute atomic E-state index is 0.202. The molecule has 0 atom stereocenters. The van der Waals surface area contributed by atoms with Crippen LogP contribution in [0.15, 0.2) is 17.3 Å². The van der Waals surface area contributed by atoms with Crippen LogP contribution in [0.1, 0.15) is 19.3 Å². The molecular formula is C10H18N4O2S. The van der Waals surface area contributed by atoms with Crippen LogP contribution in [0.2, 0.25) is 0 Å². The van der Waals surface area contributed by atoms with Crippen molar-refractivity contribution in [2.45, 2.75) is 30.3 Å². The number of aromatic nitrogens is 2. The molecule has 1 aliphatic carbocycles. The van der Waals surface area contributed by atoms with Gasteiger partial charge < -0.3 is 5.32 Å². The van der Waals surface area contributed by atoms with Crippen molar-refractivity contribution in [3.05, 3.63) is 12.3 Å². The van der Waals surface area contributed by atoms with E-state index < -0.39 is 10.0 Å². The molecule has 0 amide bonds. The van der Waals surface area contributed by atoms with Gasteiger partial charge >= 0.3 is 0 Å². The number of nitrogens with one attached hydrogen (secondary N) is 2. The molecule has 1 aromatic rings. The highest BCUT2D eigenvalue weighted by Crippen LogP contribution is 2.18. The number of rotatable bonds is 7. The van der Waals surface area contributed by atoms with E-state index in [0.29, 0.717) is 12.6 Å². The predicted molar refractivity (Wildman–Crippen MR) is 64.0 cm³/mol. The van der Waals surface area contributed by atoms with Crippen molar-refractivity contribution in [1.29, 1.82) is 0 Å². The maximum Gasteiger partial charge on any atom is 0.257 e. The van der Waals surface area contributed by atoms with Gasteiger partial charge in [0.05, 0.1) is 6.20 Å². The third-order valence-electron chi connectivity index (χ3n) is 2.71. The van der Waals surface area contributed by atoms with E-state index in [9.17, 15) is 8.42 Å². The zero-order chi connectivity index (χ0) is 12.3. The predicted octanol–water partition coefficient (Wildman–Crippen LogP) is -0.159. The third-order valence-corrected chi connectivity index (χ3v) is 4.24. The molecule has 2 rings (SSSR count). The van der Waals surface area contributed by atoms with E-state index in [1.54, 1.807) is 7.05 Å². The normalized spacial score (nSPS) is 16.3. The molecule has 0 saturated heterocycles. The second-order valence-corrected chi connectivity index (χ2v) is 5.99. The van der Waals surface area contributed by atoms with Gasteiger partial charge in [0.15, 0.2) is 5.03 Å². The van der Waals surface area contributed by atoms with Crippen LogP contribution >= 0.6 is 0 Å². The number of hydrogen-bond acceptors (Lipinski definition) is 4. The van der Waals surface area contributed by atoms with Gasteiger partial charge in [-0.3, -0.25) is 4.68 Å². The van der Waals surface area contributed by atoms with Crippen molar-refractivity contribution in [2.24, 2.45) is 7.05 Å². The van der Waals surface area contributed by atoms with Gasteiger partial charge in [0.25, 0.3) is 10.0 Å². The molecule has 6 nitrogen and oxygen atoms in total. The lowest BCUT2D eigenvalue weighted by atomic mass is 10.4. The van der Waals surface area contributed by atoms with Crippen LogP contribution in [0.4, 0.5) is 0 Å². The highest BCUT2D eigenvalue weighted by atomic mass is 32.2. The standard InChI is InChI=1S/C10H18N4O2S/c1-14-10(5-8-12-14)17(15,16)13-7-2-6-11-9-3-4-9/h5,8-9,11,13H,2-4,6-7H2,1H3. The number of hydrogen-bond donors (Lipinski definition) is 2. The Morgan fingerprint density at radius 2 is 2.24 bits per heavy atom. The van der Waals surface area contributed by atoms with E-state index in [2.05, 4.69) is 15.1 Å². The van der Waals surface area contributed by atoms with Crippen LogP contribution in [0.3, 0.4) is 0 Å². The molecule has 1 aromatic heterocycles. The van der Waals surface area contributed by atoms with Crippen LogP contribution in [0, 0.1) is 0 Å². The minimum atomic E-state index is -3.41. The highest BCUT2D eigenvalue weighted by molar-refractivity contribution is 7.89. The molecule has 0 aliphatic heterocycles. The average Bonchev–Trinajstić information content (AvgIpc) is 2.98. The van der Waals surface area contributed by atoms with Crippen molar-refractivity contribution >= 4 is 10.0 Å². The number of nitrogens with zero attached hydrogens (tertiary/aromatic N) is 2. The summed E-state index contributed by atoms with van der Waals surface area (Å²) >= 11 is 0. The van der Waals surface area contributed by atoms with Crippen molar-refractivity contribution in [3.63, 3.8) is 0 Å². The highest BCUT2D eigenvalue weighted by Gasteiger charge is 2.20. The SMILES string of the molecule is Cn1nccc1S(=O)(=O)NCCCNC1CC1. The average molecular weight is 258 g/mol. The molecule has 96 valence electrons. The fourth-order valence-electron chi connectivity index (χ4n) is 1.59. The van der Waals surface area contributed by atoms with Gasteiger partial charge in [-0.15, -0.1) is 0 Å². The monoisotopic (exact) mass is 258 g/mol. The first-order valence-corrected chi connectivity index (χ1v) is 7.29. The van der Waals surface area contributed by atoms with Gasteiger partial charge in [0.2, 0.25) is 0 Å². The van der Waals surface area contributed by atoms with E-state index in [1.807, 2.05) is 0 Å². The van der Waals surface area contributed by atoms with E-state index in [4.69, 9.17) is 0 Å². The fraction of sp³-hybridized carbons (Fsp3) is 0.700. The Kier molecular flexibility index (Phi) is 3.80. The van der Waals surface area contributed by atoms with Crippen LogP contribution in [-0.4, -0.2) is 37.3 Å². The fourth-order valence-corrected chi connectivity index (χ4v) is 2.78. The zero-order valence-electron chi connectivity index (χ0n) is 9.89. The van der Waals surface area contributed by atoms with Crippen molar-refractivity contribution < 1.29 is 8.42 Å². The summed E-state index contributed by atoms with van der Waals surface area (Å²) in [5.74, 6) is 0. The topological polar surface area (TPSA) is 76.0 Å². The molecule has 2 N–H and O–H groups in total. The van der Waals surface area contributed by atoms with Gasteiger partial charge in [-0.25, -0.2) is 13.1 Å². The first kappa shape index (κ1) is 12.5. The Morgan fingerprint density at radius 3 is 2.82 bits per heavy atom. The molecule has 0 spiro atoms. The smallest absolute Gasteiger partial charge is 0.257 e. The lowest BCUT2D eigenvalue weighted by molar-refractivity contribution is 0.557. The van der Waals surface area contributed by atoms with Gasteiger partial charge in [0.1, 0.15) is 0 Å². The third kappa shape index (κ3) is 3.52. The first-order chi connectivity index (χ1) is 8.09. The van der Waals surface area contributed by atoms with Crippen LogP contribution in [0.25, 0.3) is 0 Å². The summed E-state index contributed by atoms with van der Waals surface area (Å²) in [5, 5.41) is 7.38. The molecule has 0 aromatic carbocycles. The molecule has 1 saturated carbocycles. The van der Waals surface area contributed by atoms with E-state index in [-0.39, 0.29) is 5.03 Å². The van der Waals surface area contributed by atoms with Gasteiger partial charge in [-0.05, 0) is 31.9 Å². The Labute approximate surface area is 101 Å². The molecular weight excluding hydrogens is 240 g/mol. The Balaban J connectivity index is 1.75. The largest absolute Gasteiger partial charge is 0.314 e. The molecule has 1 heterocycles. The van der Waals surface area contributed by atoms with Crippen molar-refractivity contribution in [3.8, 4) is 0 Å². The quantitative estimate of drug-likeness (QED) is 0.666. The summed E-state index contributed by atoms with van der Waals surface area (Å²) in [5.41, 5.74) is 0. The summed E-state index contributed by atoms with van der Waals surface area (Å²) in [4.78, 5) is 0. The molecule has 0 bridgehead atoms. The van der Waals surface area contributed by atoms with Crippen molar-refractivity contribution in [2.75, 3.05) is 13.1 Å². The van der Waals surface area contributed by atoms with E-state index in [0.717, 1.165) is 13.0 Å². The molecule has 0 unspecified atom stereocenters. The van der Waals surface area contributed by atoms with Crippen molar-refractivity contribution in [1.82, 2.24) is 19.8 Å². The van der Waals surface area contributed by atoms with E-state index in [1.165, 1.54) is 29.8 Å². The summed E-state index contributed by atoms with van der Waals surface area (Å²) < 4.78 is 27.6.